The number of urea groups is 1. The largest absolute Gasteiger partial charge is 0.408 e. The van der Waals surface area contributed by atoms with Gasteiger partial charge in [0.15, 0.2) is 5.82 Å². The Kier molecular flexibility index (Phi) is 3.93. The maximum absolute atomic E-state index is 12.9. The second-order valence-electron chi connectivity index (χ2n) is 5.36. The molecule has 0 bridgehead atoms. The highest BCUT2D eigenvalue weighted by Gasteiger charge is 2.49. The van der Waals surface area contributed by atoms with Crippen molar-refractivity contribution < 1.29 is 18.0 Å². The number of H-pyrrole nitrogens is 1. The molecule has 1 aliphatic rings. The third kappa shape index (κ3) is 3.79. The summed E-state index contributed by atoms with van der Waals surface area (Å²) in [5, 5.41) is 10.8. The van der Waals surface area contributed by atoms with Gasteiger partial charge in [-0.25, -0.2) is 4.79 Å². The molecule has 1 unspecified atom stereocenters. The summed E-state index contributed by atoms with van der Waals surface area (Å²) in [5.74, 6) is -0.399. The molecule has 0 saturated heterocycles. The second kappa shape index (κ2) is 5.90. The van der Waals surface area contributed by atoms with E-state index in [1.165, 1.54) is 6.07 Å². The van der Waals surface area contributed by atoms with Gasteiger partial charge in [-0.15, -0.1) is 0 Å². The Bertz CT molecular complexity index is 681. The average molecular weight is 325 g/mol. The van der Waals surface area contributed by atoms with Crippen LogP contribution in [0.2, 0.25) is 0 Å². The number of nitrogens with one attached hydrogen (secondary N) is 3. The number of hydrogen-bond acceptors (Lipinski definition) is 3. The third-order valence-electron chi connectivity index (χ3n) is 3.52. The molecule has 3 N–H and O–H groups in total. The molecule has 1 atom stereocenters. The normalized spacial score (nSPS) is 16.0. The summed E-state index contributed by atoms with van der Waals surface area (Å²) in [4.78, 5) is 15.7. The lowest BCUT2D eigenvalue weighted by molar-refractivity contribution is -0.157. The number of alkyl halides is 3. The van der Waals surface area contributed by atoms with Crippen LogP contribution in [0.25, 0.3) is 11.3 Å². The number of carbonyl (C=O) groups excluding carboxylic acids is 1. The fourth-order valence-electron chi connectivity index (χ4n) is 2.25. The summed E-state index contributed by atoms with van der Waals surface area (Å²) >= 11 is 0. The van der Waals surface area contributed by atoms with Crippen LogP contribution in [0.3, 0.4) is 0 Å². The summed E-state index contributed by atoms with van der Waals surface area (Å²) in [6.45, 7) is 0. The second-order valence-corrected chi connectivity index (χ2v) is 5.36. The van der Waals surface area contributed by atoms with E-state index in [-0.39, 0.29) is 5.82 Å². The summed E-state index contributed by atoms with van der Waals surface area (Å²) in [5.41, 5.74) is 1.35. The van der Waals surface area contributed by atoms with Gasteiger partial charge in [0.25, 0.3) is 0 Å². The van der Waals surface area contributed by atoms with E-state index >= 15 is 0 Å². The Hall–Kier alpha value is -2.58. The van der Waals surface area contributed by atoms with Crippen LogP contribution in [0.1, 0.15) is 12.8 Å². The van der Waals surface area contributed by atoms with Crippen molar-refractivity contribution in [3.8, 4) is 11.3 Å². The molecular weight excluding hydrogens is 311 g/mol. The van der Waals surface area contributed by atoms with Crippen molar-refractivity contribution in [2.75, 3.05) is 5.32 Å². The van der Waals surface area contributed by atoms with E-state index in [1.54, 1.807) is 24.5 Å². The molecule has 2 aromatic heterocycles. The average Bonchev–Trinajstić information content (AvgIpc) is 3.23. The van der Waals surface area contributed by atoms with Crippen LogP contribution >= 0.6 is 0 Å². The first-order valence-corrected chi connectivity index (χ1v) is 7.03. The number of hydrogen-bond donors (Lipinski definition) is 3. The van der Waals surface area contributed by atoms with Gasteiger partial charge in [0.2, 0.25) is 0 Å². The number of pyridine rings is 1. The minimum absolute atomic E-state index is 0.137. The van der Waals surface area contributed by atoms with Crippen molar-refractivity contribution in [1.29, 1.82) is 0 Å². The fraction of sp³-hybridized carbons (Fsp3) is 0.357. The minimum Gasteiger partial charge on any atom is -0.326 e. The van der Waals surface area contributed by atoms with Crippen LogP contribution in [0, 0.1) is 5.92 Å². The van der Waals surface area contributed by atoms with E-state index in [0.717, 1.165) is 5.56 Å². The Morgan fingerprint density at radius 2 is 2.17 bits per heavy atom. The number of nitrogens with zero attached hydrogens (tertiary/aromatic N) is 2. The molecule has 3 rings (SSSR count). The predicted molar refractivity (Wildman–Crippen MR) is 76.5 cm³/mol. The van der Waals surface area contributed by atoms with Crippen LogP contribution < -0.4 is 10.6 Å². The van der Waals surface area contributed by atoms with Crippen molar-refractivity contribution in [3.63, 3.8) is 0 Å². The van der Waals surface area contributed by atoms with Crippen LogP contribution in [-0.2, 0) is 0 Å². The molecule has 1 aliphatic carbocycles. The van der Waals surface area contributed by atoms with E-state index in [2.05, 4.69) is 20.5 Å². The van der Waals surface area contributed by atoms with Crippen LogP contribution in [0.5, 0.6) is 0 Å². The Morgan fingerprint density at radius 1 is 1.39 bits per heavy atom. The predicted octanol–water partition coefficient (Wildman–Crippen LogP) is 2.93. The van der Waals surface area contributed by atoms with Crippen molar-refractivity contribution in [2.24, 2.45) is 5.92 Å². The van der Waals surface area contributed by atoms with Gasteiger partial charge in [0.1, 0.15) is 6.04 Å². The van der Waals surface area contributed by atoms with E-state index in [9.17, 15) is 18.0 Å². The third-order valence-corrected chi connectivity index (χ3v) is 3.52. The summed E-state index contributed by atoms with van der Waals surface area (Å²) in [6, 6.07) is 2.30. The first-order valence-electron chi connectivity index (χ1n) is 7.03. The molecule has 122 valence electrons. The number of halogens is 3. The minimum atomic E-state index is -4.45. The van der Waals surface area contributed by atoms with Gasteiger partial charge in [-0.05, 0) is 30.9 Å². The van der Waals surface area contributed by atoms with Gasteiger partial charge >= 0.3 is 12.2 Å². The standard InChI is InChI=1S/C14H14F3N5O/c15-14(16,17)12(8-3-4-8)20-13(23)19-11-6-10(21-22-11)9-2-1-5-18-7-9/h1-2,5-8,12H,3-4H2,(H3,19,20,21,22,23). The first-order chi connectivity index (χ1) is 10.9. The molecule has 0 aromatic carbocycles. The van der Waals surface area contributed by atoms with Crippen molar-refractivity contribution >= 4 is 11.8 Å². The van der Waals surface area contributed by atoms with E-state index in [0.29, 0.717) is 18.5 Å². The van der Waals surface area contributed by atoms with Gasteiger partial charge in [-0.2, -0.15) is 18.3 Å². The topological polar surface area (TPSA) is 82.7 Å². The maximum atomic E-state index is 12.9. The summed E-state index contributed by atoms with van der Waals surface area (Å²) in [7, 11) is 0. The molecule has 2 amide bonds. The number of amides is 2. The zero-order valence-corrected chi connectivity index (χ0v) is 11.9. The fourth-order valence-corrected chi connectivity index (χ4v) is 2.25. The molecular formula is C14H14F3N5O. The van der Waals surface area contributed by atoms with E-state index in [1.807, 2.05) is 5.32 Å². The quantitative estimate of drug-likeness (QED) is 0.808. The molecule has 23 heavy (non-hydrogen) atoms. The molecule has 9 heteroatoms. The highest BCUT2D eigenvalue weighted by atomic mass is 19.4. The van der Waals surface area contributed by atoms with Gasteiger partial charge in [-0.3, -0.25) is 15.4 Å². The molecule has 2 aromatic rings. The molecule has 2 heterocycles. The number of aromatic nitrogens is 3. The van der Waals surface area contributed by atoms with Crippen molar-refractivity contribution in [1.82, 2.24) is 20.5 Å². The summed E-state index contributed by atoms with van der Waals surface area (Å²) < 4.78 is 38.6. The van der Waals surface area contributed by atoms with Crippen molar-refractivity contribution in [3.05, 3.63) is 30.6 Å². The van der Waals surface area contributed by atoms with Crippen molar-refractivity contribution in [2.45, 2.75) is 25.1 Å². The Morgan fingerprint density at radius 3 is 2.78 bits per heavy atom. The lowest BCUT2D eigenvalue weighted by Crippen LogP contribution is -2.48. The number of rotatable bonds is 4. The molecule has 0 radical (unpaired) electrons. The Labute approximate surface area is 129 Å². The van der Waals surface area contributed by atoms with Crippen LogP contribution in [0.15, 0.2) is 30.6 Å². The monoisotopic (exact) mass is 325 g/mol. The van der Waals surface area contributed by atoms with Gasteiger partial charge in [0.05, 0.1) is 5.69 Å². The smallest absolute Gasteiger partial charge is 0.326 e. The molecule has 1 saturated carbocycles. The maximum Gasteiger partial charge on any atom is 0.408 e. The SMILES string of the molecule is O=C(Nc1cc(-c2cccnc2)[nH]n1)NC(C1CC1)C(F)(F)F. The zero-order valence-electron chi connectivity index (χ0n) is 11.9. The van der Waals surface area contributed by atoms with E-state index in [4.69, 9.17) is 0 Å². The number of carbonyl (C=O) groups is 1. The number of anilines is 1. The van der Waals surface area contributed by atoms with Gasteiger partial charge in [-0.1, -0.05) is 0 Å². The molecule has 0 spiro atoms. The summed E-state index contributed by atoms with van der Waals surface area (Å²) in [6.07, 6.45) is -0.299. The molecule has 0 aliphatic heterocycles. The lowest BCUT2D eigenvalue weighted by Gasteiger charge is -2.21. The van der Waals surface area contributed by atoms with E-state index < -0.39 is 24.2 Å². The van der Waals surface area contributed by atoms with Gasteiger partial charge < -0.3 is 5.32 Å². The molecule has 1 fully saturated rings. The lowest BCUT2D eigenvalue weighted by atomic mass is 10.2. The zero-order chi connectivity index (χ0) is 16.4. The van der Waals surface area contributed by atoms with Crippen LogP contribution in [-0.4, -0.2) is 33.4 Å². The van der Waals surface area contributed by atoms with Crippen LogP contribution in [0.4, 0.5) is 23.8 Å². The first kappa shape index (κ1) is 15.3. The highest BCUT2D eigenvalue weighted by Crippen LogP contribution is 2.40. The number of aromatic amines is 1. The highest BCUT2D eigenvalue weighted by molar-refractivity contribution is 5.89. The molecule has 6 nitrogen and oxygen atoms in total. The Balaban J connectivity index is 1.63. The van der Waals surface area contributed by atoms with Gasteiger partial charge in [0, 0.05) is 24.0 Å².